The van der Waals surface area contributed by atoms with Gasteiger partial charge in [-0.25, -0.2) is 4.99 Å². The van der Waals surface area contributed by atoms with Gasteiger partial charge in [-0.15, -0.1) is 0 Å². The van der Waals surface area contributed by atoms with E-state index in [1.807, 2.05) is 11.8 Å². The van der Waals surface area contributed by atoms with Crippen LogP contribution in [0.5, 0.6) is 0 Å². The predicted octanol–water partition coefficient (Wildman–Crippen LogP) is 1.99. The minimum absolute atomic E-state index is 0.118. The number of rotatable bonds is 12. The van der Waals surface area contributed by atoms with Gasteiger partial charge in [0.15, 0.2) is 5.96 Å². The average molecular weight is 432 g/mol. The monoisotopic (exact) mass is 431 g/mol. The fourth-order valence-corrected chi connectivity index (χ4v) is 3.88. The van der Waals surface area contributed by atoms with Gasteiger partial charge in [-0.05, 0) is 51.1 Å². The number of likely N-dealkylation sites (N-methyl/N-ethyl adjacent to an activating group) is 1. The summed E-state index contributed by atoms with van der Waals surface area (Å²) >= 11 is 0. The molecule has 0 unspecified atom stereocenters. The van der Waals surface area contributed by atoms with E-state index in [0.29, 0.717) is 11.9 Å². The van der Waals surface area contributed by atoms with Crippen molar-refractivity contribution in [3.8, 4) is 0 Å². The lowest BCUT2D eigenvalue weighted by Crippen LogP contribution is -2.43. The summed E-state index contributed by atoms with van der Waals surface area (Å²) in [7, 11) is 3.83. The molecule has 1 fully saturated rings. The lowest BCUT2D eigenvalue weighted by molar-refractivity contribution is -0.130. The summed E-state index contributed by atoms with van der Waals surface area (Å²) in [4.78, 5) is 21.4. The summed E-state index contributed by atoms with van der Waals surface area (Å²) in [5.41, 5.74) is 1.39. The number of aliphatic imine (C=N–C) groups is 1. The van der Waals surface area contributed by atoms with Crippen molar-refractivity contribution in [3.05, 3.63) is 35.9 Å². The van der Waals surface area contributed by atoms with E-state index in [1.54, 1.807) is 7.11 Å². The molecule has 7 nitrogen and oxygen atoms in total. The van der Waals surface area contributed by atoms with E-state index in [-0.39, 0.29) is 12.5 Å². The number of carbonyl (C=O) groups excluding carboxylic acids is 1. The first kappa shape index (κ1) is 25.1. The molecule has 1 aliphatic rings. The molecule has 0 radical (unpaired) electrons. The second-order valence-electron chi connectivity index (χ2n) is 8.29. The van der Waals surface area contributed by atoms with Gasteiger partial charge in [-0.1, -0.05) is 30.3 Å². The zero-order valence-corrected chi connectivity index (χ0v) is 19.6. The number of nitrogens with one attached hydrogen (secondary N) is 2. The molecule has 0 aromatic heterocycles. The maximum absolute atomic E-state index is 12.6. The van der Waals surface area contributed by atoms with Gasteiger partial charge >= 0.3 is 0 Å². The molecule has 0 saturated carbocycles. The number of benzene rings is 1. The van der Waals surface area contributed by atoms with Crippen LogP contribution in [0, 0.1) is 5.92 Å². The maximum atomic E-state index is 12.6. The Bertz CT molecular complexity index is 645. The summed E-state index contributed by atoms with van der Waals surface area (Å²) in [6.07, 6.45) is 4.27. The molecule has 1 aliphatic heterocycles. The molecule has 2 N–H and O–H groups in total. The van der Waals surface area contributed by atoms with E-state index in [2.05, 4.69) is 57.9 Å². The van der Waals surface area contributed by atoms with Crippen molar-refractivity contribution < 1.29 is 9.53 Å². The van der Waals surface area contributed by atoms with Crippen molar-refractivity contribution in [1.82, 2.24) is 20.4 Å². The van der Waals surface area contributed by atoms with Crippen molar-refractivity contribution in [2.24, 2.45) is 10.9 Å². The van der Waals surface area contributed by atoms with Gasteiger partial charge in [0.05, 0.1) is 0 Å². The van der Waals surface area contributed by atoms with Crippen LogP contribution in [0.4, 0.5) is 0 Å². The zero-order chi connectivity index (χ0) is 22.3. The van der Waals surface area contributed by atoms with Crippen LogP contribution in [0.25, 0.3) is 0 Å². The molecule has 31 heavy (non-hydrogen) atoms. The first-order chi connectivity index (χ1) is 15.1. The van der Waals surface area contributed by atoms with Crippen LogP contribution in [-0.2, 0) is 16.0 Å². The van der Waals surface area contributed by atoms with Crippen molar-refractivity contribution in [2.75, 3.05) is 66.6 Å². The Morgan fingerprint density at radius 3 is 2.61 bits per heavy atom. The Kier molecular flexibility index (Phi) is 12.0. The van der Waals surface area contributed by atoms with Crippen molar-refractivity contribution in [2.45, 2.75) is 32.6 Å². The van der Waals surface area contributed by atoms with Crippen LogP contribution >= 0.6 is 0 Å². The molecular weight excluding hydrogens is 390 g/mol. The second kappa shape index (κ2) is 14.8. The van der Waals surface area contributed by atoms with Gasteiger partial charge in [-0.3, -0.25) is 4.79 Å². The van der Waals surface area contributed by atoms with Crippen molar-refractivity contribution in [3.63, 3.8) is 0 Å². The van der Waals surface area contributed by atoms with Gasteiger partial charge in [-0.2, -0.15) is 0 Å². The third kappa shape index (κ3) is 10.2. The van der Waals surface area contributed by atoms with Crippen LogP contribution in [-0.4, -0.2) is 88.2 Å². The summed E-state index contributed by atoms with van der Waals surface area (Å²) in [5, 5.41) is 6.56. The number of methoxy groups -OCH3 is 1. The van der Waals surface area contributed by atoms with E-state index in [1.165, 1.54) is 5.56 Å². The fourth-order valence-electron chi connectivity index (χ4n) is 3.88. The number of amides is 1. The number of ether oxygens (including phenoxy) is 1. The summed E-state index contributed by atoms with van der Waals surface area (Å²) in [6.45, 7) is 8.16. The molecule has 0 bridgehead atoms. The first-order valence-electron chi connectivity index (χ1n) is 11.6. The van der Waals surface area contributed by atoms with Gasteiger partial charge in [0.1, 0.15) is 6.54 Å². The summed E-state index contributed by atoms with van der Waals surface area (Å²) in [6, 6.07) is 10.6. The van der Waals surface area contributed by atoms with Crippen LogP contribution in [0.1, 0.15) is 31.7 Å². The number of hydrogen-bond donors (Lipinski definition) is 2. The summed E-state index contributed by atoms with van der Waals surface area (Å²) in [5.74, 6) is 1.49. The number of likely N-dealkylation sites (tertiary alicyclic amines) is 1. The molecular formula is C24H41N5O2. The Morgan fingerprint density at radius 2 is 1.94 bits per heavy atom. The number of guanidine groups is 1. The molecule has 1 saturated heterocycles. The van der Waals surface area contributed by atoms with E-state index in [4.69, 9.17) is 4.74 Å². The standard InChI is InChI=1S/C24H41N5O2/c1-4-25-24(26-13-17-28(2)14-8-18-31-3)27-20-23(30)29-15-11-22(12-16-29)19-21-9-6-5-7-10-21/h5-7,9-10,22H,4,8,11-20H2,1-3H3,(H2,25,26,27). The summed E-state index contributed by atoms with van der Waals surface area (Å²) < 4.78 is 5.10. The van der Waals surface area contributed by atoms with Gasteiger partial charge in [0, 0.05) is 53.0 Å². The number of nitrogens with zero attached hydrogens (tertiary/aromatic N) is 3. The predicted molar refractivity (Wildman–Crippen MR) is 127 cm³/mol. The van der Waals surface area contributed by atoms with Crippen molar-refractivity contribution in [1.29, 1.82) is 0 Å². The maximum Gasteiger partial charge on any atom is 0.244 e. The highest BCUT2D eigenvalue weighted by atomic mass is 16.5. The third-order valence-electron chi connectivity index (χ3n) is 5.73. The minimum atomic E-state index is 0.118. The number of piperidine rings is 1. The lowest BCUT2D eigenvalue weighted by atomic mass is 9.90. The molecule has 7 heteroatoms. The first-order valence-corrected chi connectivity index (χ1v) is 11.6. The number of carbonyl (C=O) groups is 1. The Morgan fingerprint density at radius 1 is 1.19 bits per heavy atom. The molecule has 1 amide bonds. The van der Waals surface area contributed by atoms with E-state index >= 15 is 0 Å². The van der Waals surface area contributed by atoms with Crippen LogP contribution in [0.3, 0.4) is 0 Å². The molecule has 1 aromatic rings. The van der Waals surface area contributed by atoms with Crippen molar-refractivity contribution >= 4 is 11.9 Å². The Balaban J connectivity index is 1.69. The number of hydrogen-bond acceptors (Lipinski definition) is 4. The Hall–Kier alpha value is -2.12. The van der Waals surface area contributed by atoms with Gasteiger partial charge < -0.3 is 25.2 Å². The van der Waals surface area contributed by atoms with Crippen LogP contribution < -0.4 is 10.6 Å². The fraction of sp³-hybridized carbons (Fsp3) is 0.667. The molecule has 0 aliphatic carbocycles. The highest BCUT2D eigenvalue weighted by molar-refractivity contribution is 5.85. The molecule has 0 spiro atoms. The van der Waals surface area contributed by atoms with Gasteiger partial charge in [0.2, 0.25) is 5.91 Å². The largest absolute Gasteiger partial charge is 0.385 e. The highest BCUT2D eigenvalue weighted by Gasteiger charge is 2.22. The topological polar surface area (TPSA) is 69.2 Å². The van der Waals surface area contributed by atoms with E-state index in [0.717, 1.165) is 71.6 Å². The smallest absolute Gasteiger partial charge is 0.244 e. The quantitative estimate of drug-likeness (QED) is 0.301. The third-order valence-corrected chi connectivity index (χ3v) is 5.73. The molecule has 2 rings (SSSR count). The van der Waals surface area contributed by atoms with Gasteiger partial charge in [0.25, 0.3) is 0 Å². The SMILES string of the molecule is CCNC(=NCC(=O)N1CCC(Cc2ccccc2)CC1)NCCN(C)CCCOC. The normalized spacial score (nSPS) is 15.4. The van der Waals surface area contributed by atoms with E-state index < -0.39 is 0 Å². The zero-order valence-electron chi connectivity index (χ0n) is 19.6. The van der Waals surface area contributed by atoms with E-state index in [9.17, 15) is 4.79 Å². The highest BCUT2D eigenvalue weighted by Crippen LogP contribution is 2.21. The molecule has 174 valence electrons. The van der Waals surface area contributed by atoms with Crippen LogP contribution in [0.2, 0.25) is 0 Å². The van der Waals surface area contributed by atoms with Crippen LogP contribution in [0.15, 0.2) is 35.3 Å². The molecule has 0 atom stereocenters. The lowest BCUT2D eigenvalue weighted by Gasteiger charge is -2.32. The Labute approximate surface area is 188 Å². The second-order valence-corrected chi connectivity index (χ2v) is 8.29. The molecule has 1 aromatic carbocycles. The average Bonchev–Trinajstić information content (AvgIpc) is 2.78. The molecule has 1 heterocycles. The minimum Gasteiger partial charge on any atom is -0.385 e.